The van der Waals surface area contributed by atoms with Crippen LogP contribution in [-0.2, 0) is 14.0 Å². The highest BCUT2D eigenvalue weighted by Crippen LogP contribution is 2.19. The molecule has 0 aliphatic rings. The van der Waals surface area contributed by atoms with Gasteiger partial charge in [0.15, 0.2) is 0 Å². The maximum Gasteiger partial charge on any atom is 0.331 e. The molecule has 0 bridgehead atoms. The van der Waals surface area contributed by atoms with E-state index in [0.717, 1.165) is 24.5 Å². The maximum absolute atomic E-state index is 11.7. The summed E-state index contributed by atoms with van der Waals surface area (Å²) in [6.07, 6.45) is 5.14. The number of rotatable bonds is 7. The number of allylic oxidation sites excluding steroid dienone is 1. The third kappa shape index (κ3) is 4.94. The summed E-state index contributed by atoms with van der Waals surface area (Å²) in [6.45, 7) is 8.80. The van der Waals surface area contributed by atoms with E-state index in [0.29, 0.717) is 6.61 Å². The van der Waals surface area contributed by atoms with Gasteiger partial charge in [0.25, 0.3) is 0 Å². The van der Waals surface area contributed by atoms with Gasteiger partial charge in [0, 0.05) is 11.8 Å². The number of carbonyl (C=O) groups is 1. The third-order valence-corrected chi connectivity index (χ3v) is 5.18. The molecule has 0 aromatic carbocycles. The summed E-state index contributed by atoms with van der Waals surface area (Å²) < 4.78 is 10.5. The summed E-state index contributed by atoms with van der Waals surface area (Å²) in [7, 11) is -0.657. The standard InChI is InChI=1S/C12H24O3Si/c1-6-8-9-10-11(12(13)14-3)16(4,5)15-7-2/h10H,6-9H2,1-5H3/b11-10+. The van der Waals surface area contributed by atoms with Crippen molar-refractivity contribution in [1.29, 1.82) is 0 Å². The lowest BCUT2D eigenvalue weighted by atomic mass is 10.2. The van der Waals surface area contributed by atoms with Crippen LogP contribution in [0.5, 0.6) is 0 Å². The van der Waals surface area contributed by atoms with E-state index >= 15 is 0 Å². The number of carbonyl (C=O) groups excluding carboxylic acids is 1. The molecule has 0 unspecified atom stereocenters. The SMILES string of the molecule is CCCC/C=C(\C(=O)OC)[Si](C)(C)OCC. The van der Waals surface area contributed by atoms with Crippen LogP contribution in [0, 0.1) is 0 Å². The molecule has 0 radical (unpaired) electrons. The van der Waals surface area contributed by atoms with Crippen LogP contribution in [0.1, 0.15) is 33.1 Å². The van der Waals surface area contributed by atoms with Gasteiger partial charge in [-0.2, -0.15) is 0 Å². The molecular formula is C12H24O3Si. The van der Waals surface area contributed by atoms with Crippen LogP contribution in [-0.4, -0.2) is 28.0 Å². The molecule has 0 rings (SSSR count). The van der Waals surface area contributed by atoms with Gasteiger partial charge in [-0.15, -0.1) is 0 Å². The highest BCUT2D eigenvalue weighted by atomic mass is 28.4. The minimum Gasteiger partial charge on any atom is -0.466 e. The monoisotopic (exact) mass is 244 g/mol. The first kappa shape index (κ1) is 15.4. The Morgan fingerprint density at radius 2 is 1.94 bits per heavy atom. The van der Waals surface area contributed by atoms with Crippen molar-refractivity contribution in [2.75, 3.05) is 13.7 Å². The van der Waals surface area contributed by atoms with E-state index in [1.807, 2.05) is 26.1 Å². The average molecular weight is 244 g/mol. The van der Waals surface area contributed by atoms with E-state index in [2.05, 4.69) is 6.92 Å². The zero-order valence-corrected chi connectivity index (χ0v) is 12.1. The average Bonchev–Trinajstić information content (AvgIpc) is 2.23. The lowest BCUT2D eigenvalue weighted by Crippen LogP contribution is -2.38. The number of hydrogen-bond donors (Lipinski definition) is 0. The van der Waals surface area contributed by atoms with Crippen molar-refractivity contribution >= 4 is 14.3 Å². The molecule has 4 heteroatoms. The Labute approximate surface area is 100.0 Å². The Kier molecular flexibility index (Phi) is 7.33. The minimum atomic E-state index is -2.08. The van der Waals surface area contributed by atoms with Crippen LogP contribution in [0.2, 0.25) is 13.1 Å². The molecule has 0 amide bonds. The van der Waals surface area contributed by atoms with E-state index in [1.54, 1.807) is 0 Å². The molecule has 0 saturated heterocycles. The van der Waals surface area contributed by atoms with E-state index < -0.39 is 8.32 Å². The first-order chi connectivity index (χ1) is 7.49. The molecule has 0 aliphatic carbocycles. The van der Waals surface area contributed by atoms with Gasteiger partial charge >= 0.3 is 5.97 Å². The lowest BCUT2D eigenvalue weighted by molar-refractivity contribution is -0.135. The second-order valence-electron chi connectivity index (χ2n) is 4.19. The number of unbranched alkanes of at least 4 members (excludes halogenated alkanes) is 2. The Hall–Kier alpha value is -0.613. The topological polar surface area (TPSA) is 35.5 Å². The third-order valence-electron chi connectivity index (χ3n) is 2.47. The zero-order chi connectivity index (χ0) is 12.6. The number of esters is 1. The molecule has 94 valence electrons. The summed E-state index contributed by atoms with van der Waals surface area (Å²) >= 11 is 0. The second kappa shape index (κ2) is 7.63. The van der Waals surface area contributed by atoms with Crippen LogP contribution < -0.4 is 0 Å². The fraction of sp³-hybridized carbons (Fsp3) is 0.750. The molecule has 3 nitrogen and oxygen atoms in total. The highest BCUT2D eigenvalue weighted by Gasteiger charge is 2.32. The van der Waals surface area contributed by atoms with Gasteiger partial charge in [0.05, 0.1) is 7.11 Å². The van der Waals surface area contributed by atoms with Gasteiger partial charge in [0.1, 0.15) is 0 Å². The number of hydrogen-bond acceptors (Lipinski definition) is 3. The van der Waals surface area contributed by atoms with Crippen LogP contribution in [0.4, 0.5) is 0 Å². The highest BCUT2D eigenvalue weighted by molar-refractivity contribution is 6.82. The minimum absolute atomic E-state index is 0.235. The second-order valence-corrected chi connectivity index (χ2v) is 8.04. The fourth-order valence-corrected chi connectivity index (χ4v) is 3.68. The van der Waals surface area contributed by atoms with Gasteiger partial charge in [-0.3, -0.25) is 0 Å². The molecule has 0 fully saturated rings. The molecule has 0 atom stereocenters. The zero-order valence-electron chi connectivity index (χ0n) is 11.1. The van der Waals surface area contributed by atoms with E-state index in [4.69, 9.17) is 9.16 Å². The summed E-state index contributed by atoms with van der Waals surface area (Å²) in [5.41, 5.74) is 0. The Morgan fingerprint density at radius 3 is 2.38 bits per heavy atom. The number of methoxy groups -OCH3 is 1. The molecule has 0 aromatic heterocycles. The van der Waals surface area contributed by atoms with Gasteiger partial charge in [-0.05, 0) is 26.4 Å². The summed E-state index contributed by atoms with van der Waals surface area (Å²) in [6, 6.07) is 0. The van der Waals surface area contributed by atoms with Crippen molar-refractivity contribution in [3.8, 4) is 0 Å². The molecule has 0 N–H and O–H groups in total. The predicted octanol–water partition coefficient (Wildman–Crippen LogP) is 3.06. The first-order valence-electron chi connectivity index (χ1n) is 5.92. The number of ether oxygens (including phenoxy) is 1. The summed E-state index contributed by atoms with van der Waals surface area (Å²) in [5, 5.41) is 0.755. The van der Waals surface area contributed by atoms with Gasteiger partial charge in [0.2, 0.25) is 8.32 Å². The first-order valence-corrected chi connectivity index (χ1v) is 8.83. The van der Waals surface area contributed by atoms with Crippen molar-refractivity contribution in [2.24, 2.45) is 0 Å². The molecule has 0 aliphatic heterocycles. The Bertz CT molecular complexity index is 247. The molecule has 0 spiro atoms. The fourth-order valence-electron chi connectivity index (χ4n) is 1.57. The smallest absolute Gasteiger partial charge is 0.331 e. The Balaban J connectivity index is 4.78. The van der Waals surface area contributed by atoms with Crippen LogP contribution in [0.15, 0.2) is 11.3 Å². The van der Waals surface area contributed by atoms with Gasteiger partial charge < -0.3 is 9.16 Å². The molecule has 0 heterocycles. The molecule has 16 heavy (non-hydrogen) atoms. The van der Waals surface area contributed by atoms with Crippen LogP contribution in [0.3, 0.4) is 0 Å². The van der Waals surface area contributed by atoms with Gasteiger partial charge in [-0.25, -0.2) is 4.79 Å². The van der Waals surface area contributed by atoms with Crippen molar-refractivity contribution in [2.45, 2.75) is 46.2 Å². The van der Waals surface area contributed by atoms with E-state index in [-0.39, 0.29) is 5.97 Å². The van der Waals surface area contributed by atoms with Crippen molar-refractivity contribution in [3.63, 3.8) is 0 Å². The van der Waals surface area contributed by atoms with Crippen LogP contribution >= 0.6 is 0 Å². The molecule has 0 saturated carbocycles. The quantitative estimate of drug-likeness (QED) is 0.299. The van der Waals surface area contributed by atoms with Crippen LogP contribution in [0.25, 0.3) is 0 Å². The summed E-state index contributed by atoms with van der Waals surface area (Å²) in [4.78, 5) is 11.7. The molecular weight excluding hydrogens is 220 g/mol. The largest absolute Gasteiger partial charge is 0.466 e. The lowest BCUT2D eigenvalue weighted by Gasteiger charge is -2.23. The predicted molar refractivity (Wildman–Crippen MR) is 68.7 cm³/mol. The van der Waals surface area contributed by atoms with E-state index in [1.165, 1.54) is 7.11 Å². The normalized spacial score (nSPS) is 12.7. The van der Waals surface area contributed by atoms with Gasteiger partial charge in [-0.1, -0.05) is 25.8 Å². The van der Waals surface area contributed by atoms with Crippen molar-refractivity contribution in [3.05, 3.63) is 11.3 Å². The maximum atomic E-state index is 11.7. The van der Waals surface area contributed by atoms with Crippen molar-refractivity contribution < 1.29 is 14.0 Å². The van der Waals surface area contributed by atoms with Crippen molar-refractivity contribution in [1.82, 2.24) is 0 Å². The Morgan fingerprint density at radius 1 is 1.31 bits per heavy atom. The van der Waals surface area contributed by atoms with E-state index in [9.17, 15) is 4.79 Å². The molecule has 0 aromatic rings. The summed E-state index contributed by atoms with van der Waals surface area (Å²) in [5.74, 6) is -0.235.